The minimum absolute atomic E-state index is 0.0349. The second-order valence-corrected chi connectivity index (χ2v) is 12.2. The monoisotopic (exact) mass is 526 g/mol. The predicted molar refractivity (Wildman–Crippen MR) is 145 cm³/mol. The van der Waals surface area contributed by atoms with Crippen LogP contribution in [0.2, 0.25) is 0 Å². The van der Waals surface area contributed by atoms with E-state index in [1.165, 1.54) is 6.08 Å². The van der Waals surface area contributed by atoms with Crippen LogP contribution in [0.5, 0.6) is 0 Å². The summed E-state index contributed by atoms with van der Waals surface area (Å²) in [5.74, 6) is -2.08. The molecule has 1 N–H and O–H groups in total. The van der Waals surface area contributed by atoms with E-state index >= 15 is 0 Å². The van der Waals surface area contributed by atoms with Crippen molar-refractivity contribution < 1.29 is 24.2 Å². The molecule has 7 atom stereocenters. The van der Waals surface area contributed by atoms with E-state index in [0.717, 1.165) is 12.0 Å². The van der Waals surface area contributed by atoms with Gasteiger partial charge in [-0.2, -0.15) is 0 Å². The van der Waals surface area contributed by atoms with Crippen LogP contribution in [-0.4, -0.2) is 80.6 Å². The lowest BCUT2D eigenvalue weighted by Gasteiger charge is -2.42. The van der Waals surface area contributed by atoms with E-state index in [1.807, 2.05) is 44.2 Å². The number of ether oxygens (including phenoxy) is 1. The third kappa shape index (κ3) is 4.52. The Morgan fingerprint density at radius 3 is 2.57 bits per heavy atom. The van der Waals surface area contributed by atoms with Gasteiger partial charge < -0.3 is 19.6 Å². The van der Waals surface area contributed by atoms with Crippen LogP contribution in [0.25, 0.3) is 0 Å². The lowest BCUT2D eigenvalue weighted by atomic mass is 9.66. The molecule has 2 amide bonds. The minimum atomic E-state index is -0.796. The maximum atomic E-state index is 14.4. The molecule has 1 aromatic rings. The van der Waals surface area contributed by atoms with Crippen molar-refractivity contribution >= 4 is 29.5 Å². The third-order valence-corrected chi connectivity index (χ3v) is 10.3. The fraction of sp³-hybridized carbons (Fsp3) is 0.552. The van der Waals surface area contributed by atoms with Crippen molar-refractivity contribution in [2.24, 2.45) is 17.8 Å². The zero-order valence-electron chi connectivity index (χ0n) is 21.9. The molecule has 7 nitrogen and oxygen atoms in total. The van der Waals surface area contributed by atoms with Crippen molar-refractivity contribution in [2.75, 3.05) is 19.8 Å². The van der Waals surface area contributed by atoms with Gasteiger partial charge in [0.1, 0.15) is 12.6 Å². The van der Waals surface area contributed by atoms with Crippen LogP contribution >= 0.6 is 11.8 Å². The first-order valence-electron chi connectivity index (χ1n) is 13.1. The molecule has 1 spiro atoms. The van der Waals surface area contributed by atoms with Gasteiger partial charge in [0.15, 0.2) is 0 Å². The van der Waals surface area contributed by atoms with E-state index < -0.39 is 34.6 Å². The number of esters is 1. The maximum absolute atomic E-state index is 14.4. The van der Waals surface area contributed by atoms with Crippen LogP contribution < -0.4 is 0 Å². The summed E-state index contributed by atoms with van der Waals surface area (Å²) in [5.41, 5.74) is 0.967. The Bertz CT molecular complexity index is 1050. The number of amides is 2. The Balaban J connectivity index is 1.82. The van der Waals surface area contributed by atoms with Crippen LogP contribution in [-0.2, 0) is 25.5 Å². The first-order valence-corrected chi connectivity index (χ1v) is 13.9. The highest BCUT2D eigenvalue weighted by atomic mass is 32.2. The summed E-state index contributed by atoms with van der Waals surface area (Å²) in [7, 11) is 0. The third-order valence-electron chi connectivity index (χ3n) is 8.18. The van der Waals surface area contributed by atoms with Gasteiger partial charge in [-0.3, -0.25) is 14.4 Å². The molecular formula is C29H38N2O5S. The number of nitrogens with zero attached hydrogens (tertiary/aromatic N) is 2. The summed E-state index contributed by atoms with van der Waals surface area (Å²) in [6.07, 6.45) is 4.35. The van der Waals surface area contributed by atoms with E-state index in [0.29, 0.717) is 13.0 Å². The van der Waals surface area contributed by atoms with E-state index in [-0.39, 0.29) is 42.2 Å². The first kappa shape index (κ1) is 27.5. The molecule has 2 bridgehead atoms. The number of aliphatic hydroxyl groups is 1. The summed E-state index contributed by atoms with van der Waals surface area (Å²) in [6, 6.07) is 8.16. The van der Waals surface area contributed by atoms with Crippen molar-refractivity contribution in [3.63, 3.8) is 0 Å². The molecule has 3 unspecified atom stereocenters. The summed E-state index contributed by atoms with van der Waals surface area (Å²) in [5, 5.41) is 10.5. The number of carbonyl (C=O) groups is 3. The Morgan fingerprint density at radius 2 is 1.97 bits per heavy atom. The average molecular weight is 527 g/mol. The van der Waals surface area contributed by atoms with Crippen LogP contribution in [0, 0.1) is 17.8 Å². The van der Waals surface area contributed by atoms with Gasteiger partial charge in [0.2, 0.25) is 11.8 Å². The molecule has 3 heterocycles. The molecule has 3 fully saturated rings. The van der Waals surface area contributed by atoms with Gasteiger partial charge in [0.05, 0.1) is 29.2 Å². The summed E-state index contributed by atoms with van der Waals surface area (Å²) in [6.45, 7) is 13.6. The van der Waals surface area contributed by atoms with E-state index in [9.17, 15) is 19.5 Å². The smallest absolute Gasteiger partial charge is 0.311 e. The number of benzene rings is 1. The molecule has 4 rings (SSSR count). The Hall–Kier alpha value is -2.58. The number of fused-ring (bicyclic) bond motifs is 1. The quantitative estimate of drug-likeness (QED) is 0.352. The average Bonchev–Trinajstić information content (AvgIpc) is 3.48. The summed E-state index contributed by atoms with van der Waals surface area (Å²) >= 11 is 1.61. The molecular weight excluding hydrogens is 488 g/mol. The SMILES string of the molecule is C=CCOC(=O)[C@@H]1[C@@H]2CC(C)C3(S2)C(C(=O)N(CC=C)C(C)C)N([C@@H](CO)Cc2ccccc2)C(=O)[C@H]13. The minimum Gasteiger partial charge on any atom is -0.461 e. The van der Waals surface area contributed by atoms with Gasteiger partial charge >= 0.3 is 5.97 Å². The molecule has 8 heteroatoms. The topological polar surface area (TPSA) is 87.2 Å². The zero-order valence-corrected chi connectivity index (χ0v) is 22.7. The fourth-order valence-electron chi connectivity index (χ4n) is 6.63. The highest BCUT2D eigenvalue weighted by Gasteiger charge is 2.77. The molecule has 1 aromatic carbocycles. The lowest BCUT2D eigenvalue weighted by Crippen LogP contribution is -2.60. The molecule has 3 saturated heterocycles. The number of aliphatic hydroxyl groups excluding tert-OH is 1. The van der Waals surface area contributed by atoms with Crippen molar-refractivity contribution in [1.29, 1.82) is 0 Å². The first-order chi connectivity index (χ1) is 17.7. The van der Waals surface area contributed by atoms with Crippen LogP contribution in [0.4, 0.5) is 0 Å². The largest absolute Gasteiger partial charge is 0.461 e. The molecule has 3 aliphatic heterocycles. The molecule has 3 aliphatic rings. The zero-order chi connectivity index (χ0) is 26.9. The predicted octanol–water partition coefficient (Wildman–Crippen LogP) is 3.08. The van der Waals surface area contributed by atoms with Gasteiger partial charge in [-0.25, -0.2) is 0 Å². The molecule has 0 radical (unpaired) electrons. The Labute approximate surface area is 223 Å². The van der Waals surface area contributed by atoms with Crippen molar-refractivity contribution in [3.8, 4) is 0 Å². The highest BCUT2D eigenvalue weighted by molar-refractivity contribution is 8.02. The molecule has 0 aromatic heterocycles. The number of hydrogen-bond donors (Lipinski definition) is 1. The summed E-state index contributed by atoms with van der Waals surface area (Å²) in [4.78, 5) is 45.3. The fourth-order valence-corrected chi connectivity index (χ4v) is 9.02. The number of hydrogen-bond acceptors (Lipinski definition) is 6. The van der Waals surface area contributed by atoms with Crippen molar-refractivity contribution in [3.05, 3.63) is 61.2 Å². The summed E-state index contributed by atoms with van der Waals surface area (Å²) < 4.78 is 4.69. The van der Waals surface area contributed by atoms with Crippen molar-refractivity contribution in [2.45, 2.75) is 61.7 Å². The Morgan fingerprint density at radius 1 is 1.27 bits per heavy atom. The molecule has 200 valence electrons. The molecule has 37 heavy (non-hydrogen) atoms. The van der Waals surface area contributed by atoms with Crippen molar-refractivity contribution in [1.82, 2.24) is 9.80 Å². The van der Waals surface area contributed by atoms with E-state index in [1.54, 1.807) is 27.6 Å². The standard InChI is InChI=1S/C29H38N2O5S/c1-6-13-30(18(3)4)27(34)25-29-19(5)15-22(37-29)23(28(35)36-14-7-2)24(29)26(33)31(25)21(17-32)16-20-11-9-8-10-12-20/h6-12,18-19,21-25,32H,1-2,13-17H2,3-5H3/t19?,21-,22+,23-,24+,25?,29?/m1/s1. The van der Waals surface area contributed by atoms with Gasteiger partial charge in [0.25, 0.3) is 0 Å². The molecule has 0 aliphatic carbocycles. The second kappa shape index (κ2) is 11.0. The number of thioether (sulfide) groups is 1. The number of rotatable bonds is 11. The van der Waals surface area contributed by atoms with E-state index in [2.05, 4.69) is 20.1 Å². The van der Waals surface area contributed by atoms with Gasteiger partial charge in [-0.05, 0) is 38.2 Å². The van der Waals surface area contributed by atoms with Crippen LogP contribution in [0.3, 0.4) is 0 Å². The lowest BCUT2D eigenvalue weighted by molar-refractivity contribution is -0.154. The van der Waals surface area contributed by atoms with Gasteiger partial charge in [-0.15, -0.1) is 18.3 Å². The normalized spacial score (nSPS) is 30.8. The maximum Gasteiger partial charge on any atom is 0.311 e. The number of carbonyl (C=O) groups excluding carboxylic acids is 3. The van der Waals surface area contributed by atoms with Crippen LogP contribution in [0.15, 0.2) is 55.6 Å². The second-order valence-electron chi connectivity index (χ2n) is 10.6. The molecule has 0 saturated carbocycles. The number of likely N-dealkylation sites (tertiary alicyclic amines) is 1. The van der Waals surface area contributed by atoms with Gasteiger partial charge in [0, 0.05) is 17.8 Å². The highest BCUT2D eigenvalue weighted by Crippen LogP contribution is 2.69. The van der Waals surface area contributed by atoms with E-state index in [4.69, 9.17) is 4.74 Å². The Kier molecular flexibility index (Phi) is 8.19. The van der Waals surface area contributed by atoms with Gasteiger partial charge in [-0.1, -0.05) is 56.0 Å². The van der Waals surface area contributed by atoms with Crippen LogP contribution in [0.1, 0.15) is 32.8 Å².